The Labute approximate surface area is 152 Å². The summed E-state index contributed by atoms with van der Waals surface area (Å²) in [7, 11) is -2.06. The Morgan fingerprint density at radius 3 is 2.64 bits per heavy atom. The van der Waals surface area contributed by atoms with Crippen molar-refractivity contribution in [1.82, 2.24) is 14.3 Å². The second-order valence-corrected chi connectivity index (χ2v) is 8.25. The number of anilines is 1. The average Bonchev–Trinajstić information content (AvgIpc) is 2.53. The largest absolute Gasteiger partial charge is 0.481 e. The molecule has 7 nitrogen and oxygen atoms in total. The van der Waals surface area contributed by atoms with Crippen LogP contribution in [0.5, 0.6) is 5.88 Å². The standard InChI is InChI=1S/C16H20N4O3S2/c1-23-15-12-14(19-25(21,22)20-9-5-10-20)17-16(18-15)24-11-8-13-6-3-2-4-7-13/h2-4,6-7,12H,5,8-11H2,1H3,(H,17,18,19). The highest BCUT2D eigenvalue weighted by atomic mass is 32.2. The number of nitrogens with one attached hydrogen (secondary N) is 1. The Kier molecular flexibility index (Phi) is 5.77. The topological polar surface area (TPSA) is 84.4 Å². The minimum atomic E-state index is -3.55. The third-order valence-corrected chi connectivity index (χ3v) is 6.11. The van der Waals surface area contributed by atoms with Gasteiger partial charge in [-0.15, -0.1) is 0 Å². The molecule has 1 aliphatic heterocycles. The fourth-order valence-corrected chi connectivity index (χ4v) is 4.33. The predicted octanol–water partition coefficient (Wildman–Crippen LogP) is 2.18. The van der Waals surface area contributed by atoms with Gasteiger partial charge in [-0.2, -0.15) is 17.7 Å². The molecule has 2 aromatic rings. The van der Waals surface area contributed by atoms with Gasteiger partial charge in [-0.25, -0.2) is 4.98 Å². The highest BCUT2D eigenvalue weighted by molar-refractivity contribution is 7.99. The van der Waals surface area contributed by atoms with E-state index in [0.717, 1.165) is 18.6 Å². The lowest BCUT2D eigenvalue weighted by Gasteiger charge is -2.29. The van der Waals surface area contributed by atoms with E-state index < -0.39 is 10.2 Å². The Bertz CT molecular complexity index is 811. The molecule has 1 N–H and O–H groups in total. The first-order valence-electron chi connectivity index (χ1n) is 7.94. The van der Waals surface area contributed by atoms with Crippen LogP contribution in [0.4, 0.5) is 5.82 Å². The van der Waals surface area contributed by atoms with Crippen LogP contribution in [0.2, 0.25) is 0 Å². The van der Waals surface area contributed by atoms with Crippen LogP contribution in [-0.2, 0) is 16.6 Å². The molecular formula is C16H20N4O3S2. The van der Waals surface area contributed by atoms with E-state index in [4.69, 9.17) is 4.74 Å². The normalized spacial score (nSPS) is 14.8. The summed E-state index contributed by atoms with van der Waals surface area (Å²) in [4.78, 5) is 8.57. The van der Waals surface area contributed by atoms with Crippen molar-refractivity contribution in [3.05, 3.63) is 42.0 Å². The maximum Gasteiger partial charge on any atom is 0.302 e. The number of hydrogen-bond donors (Lipinski definition) is 1. The molecule has 1 aliphatic rings. The molecule has 134 valence electrons. The second kappa shape index (κ2) is 8.03. The smallest absolute Gasteiger partial charge is 0.302 e. The van der Waals surface area contributed by atoms with Gasteiger partial charge in [-0.05, 0) is 18.4 Å². The van der Waals surface area contributed by atoms with Crippen LogP contribution in [0.1, 0.15) is 12.0 Å². The predicted molar refractivity (Wildman–Crippen MR) is 98.2 cm³/mol. The van der Waals surface area contributed by atoms with Crippen molar-refractivity contribution in [3.8, 4) is 5.88 Å². The van der Waals surface area contributed by atoms with Gasteiger partial charge in [0.25, 0.3) is 0 Å². The fraction of sp³-hybridized carbons (Fsp3) is 0.375. The quantitative estimate of drug-likeness (QED) is 0.558. The Morgan fingerprint density at radius 1 is 1.24 bits per heavy atom. The molecule has 3 rings (SSSR count). The maximum atomic E-state index is 12.2. The maximum absolute atomic E-state index is 12.2. The van der Waals surface area contributed by atoms with Crippen LogP contribution in [-0.4, -0.2) is 48.6 Å². The number of methoxy groups -OCH3 is 1. The summed E-state index contributed by atoms with van der Waals surface area (Å²) in [6.45, 7) is 1.08. The molecule has 0 bridgehead atoms. The van der Waals surface area contributed by atoms with Crippen molar-refractivity contribution in [2.24, 2.45) is 0 Å². The number of ether oxygens (including phenoxy) is 1. The van der Waals surface area contributed by atoms with Gasteiger partial charge >= 0.3 is 10.2 Å². The molecule has 0 aliphatic carbocycles. The molecule has 0 saturated carbocycles. The summed E-state index contributed by atoms with van der Waals surface area (Å²) in [5.74, 6) is 1.34. The zero-order valence-corrected chi connectivity index (χ0v) is 15.5. The lowest BCUT2D eigenvalue weighted by atomic mass is 10.2. The van der Waals surface area contributed by atoms with E-state index in [1.54, 1.807) is 0 Å². The number of nitrogens with zero attached hydrogens (tertiary/aromatic N) is 3. The third kappa shape index (κ3) is 4.83. The lowest BCUT2D eigenvalue weighted by molar-refractivity contribution is 0.311. The van der Waals surface area contributed by atoms with Gasteiger partial charge in [0.2, 0.25) is 5.88 Å². The first kappa shape index (κ1) is 18.0. The van der Waals surface area contributed by atoms with Crippen molar-refractivity contribution in [2.75, 3.05) is 30.7 Å². The zero-order valence-electron chi connectivity index (χ0n) is 13.9. The monoisotopic (exact) mass is 380 g/mol. The van der Waals surface area contributed by atoms with Gasteiger partial charge in [-0.1, -0.05) is 42.1 Å². The van der Waals surface area contributed by atoms with E-state index in [2.05, 4.69) is 26.8 Å². The molecule has 2 heterocycles. The van der Waals surface area contributed by atoms with Gasteiger partial charge in [0.1, 0.15) is 5.82 Å². The van der Waals surface area contributed by atoms with Crippen molar-refractivity contribution < 1.29 is 13.2 Å². The van der Waals surface area contributed by atoms with Crippen molar-refractivity contribution in [2.45, 2.75) is 18.0 Å². The molecule has 1 aromatic heterocycles. The van der Waals surface area contributed by atoms with Crippen molar-refractivity contribution in [3.63, 3.8) is 0 Å². The molecule has 0 radical (unpaired) electrons. The van der Waals surface area contributed by atoms with Crippen LogP contribution in [0.3, 0.4) is 0 Å². The third-order valence-electron chi connectivity index (χ3n) is 3.74. The highest BCUT2D eigenvalue weighted by Gasteiger charge is 2.28. The zero-order chi connectivity index (χ0) is 17.7. The van der Waals surface area contributed by atoms with Crippen LogP contribution in [0, 0.1) is 0 Å². The molecule has 1 fully saturated rings. The minimum absolute atomic E-state index is 0.223. The molecule has 9 heteroatoms. The average molecular weight is 380 g/mol. The van der Waals surface area contributed by atoms with Crippen molar-refractivity contribution in [1.29, 1.82) is 0 Å². The molecular weight excluding hydrogens is 360 g/mol. The molecule has 0 spiro atoms. The summed E-state index contributed by atoms with van der Waals surface area (Å²) in [5, 5.41) is 0.483. The summed E-state index contributed by atoms with van der Waals surface area (Å²) in [5.41, 5.74) is 1.23. The number of thioether (sulfide) groups is 1. The SMILES string of the molecule is COc1cc(NS(=O)(=O)N2CCC2)nc(SCCc2ccccc2)n1. The van der Waals surface area contributed by atoms with Crippen LogP contribution >= 0.6 is 11.8 Å². The minimum Gasteiger partial charge on any atom is -0.481 e. The van der Waals surface area contributed by atoms with E-state index >= 15 is 0 Å². The second-order valence-electron chi connectivity index (χ2n) is 5.52. The summed E-state index contributed by atoms with van der Waals surface area (Å²) < 4.78 is 33.4. The number of rotatable bonds is 8. The van der Waals surface area contributed by atoms with Gasteiger partial charge in [-0.3, -0.25) is 4.72 Å². The summed E-state index contributed by atoms with van der Waals surface area (Å²) in [6.07, 6.45) is 1.76. The van der Waals surface area contributed by atoms with E-state index in [0.29, 0.717) is 24.1 Å². The van der Waals surface area contributed by atoms with E-state index in [9.17, 15) is 8.42 Å². The van der Waals surface area contributed by atoms with E-state index in [1.807, 2.05) is 18.2 Å². The van der Waals surface area contributed by atoms with Crippen LogP contribution < -0.4 is 9.46 Å². The van der Waals surface area contributed by atoms with Gasteiger partial charge < -0.3 is 4.74 Å². The number of hydrogen-bond acceptors (Lipinski definition) is 6. The van der Waals surface area contributed by atoms with Gasteiger partial charge in [0.05, 0.1) is 7.11 Å². The first-order chi connectivity index (χ1) is 12.1. The molecule has 1 aromatic carbocycles. The van der Waals surface area contributed by atoms with Gasteiger partial charge in [0, 0.05) is 24.9 Å². The molecule has 25 heavy (non-hydrogen) atoms. The Morgan fingerprint density at radius 2 is 2.00 bits per heavy atom. The Hall–Kier alpha value is -1.84. The first-order valence-corrected chi connectivity index (χ1v) is 10.4. The molecule has 0 unspecified atom stereocenters. The number of benzene rings is 1. The number of aromatic nitrogens is 2. The van der Waals surface area contributed by atoms with Crippen LogP contribution in [0.25, 0.3) is 0 Å². The summed E-state index contributed by atoms with van der Waals surface area (Å²) in [6, 6.07) is 11.6. The fourth-order valence-electron chi connectivity index (χ4n) is 2.25. The Balaban J connectivity index is 1.67. The highest BCUT2D eigenvalue weighted by Crippen LogP contribution is 2.23. The van der Waals surface area contributed by atoms with E-state index in [-0.39, 0.29) is 5.82 Å². The van der Waals surface area contributed by atoms with Gasteiger partial charge in [0.15, 0.2) is 5.16 Å². The van der Waals surface area contributed by atoms with Crippen LogP contribution in [0.15, 0.2) is 41.6 Å². The van der Waals surface area contributed by atoms with E-state index in [1.165, 1.54) is 34.8 Å². The molecule has 0 atom stereocenters. The molecule has 1 saturated heterocycles. The molecule has 0 amide bonds. The summed E-state index contributed by atoms with van der Waals surface area (Å²) >= 11 is 1.46. The lowest BCUT2D eigenvalue weighted by Crippen LogP contribution is -2.45. The number of aryl methyl sites for hydroxylation is 1. The van der Waals surface area contributed by atoms with Crippen molar-refractivity contribution >= 4 is 27.8 Å².